The Balaban J connectivity index is 2.10. The molecule has 0 saturated carbocycles. The number of alkyl halides is 2. The molecule has 0 atom stereocenters. The third-order valence-corrected chi connectivity index (χ3v) is 1.95. The molecule has 5 heteroatoms. The van der Waals surface area contributed by atoms with Crippen molar-refractivity contribution in [3.63, 3.8) is 0 Å². The molecule has 1 aromatic rings. The average Bonchev–Trinajstić information content (AvgIpc) is 2.55. The van der Waals surface area contributed by atoms with E-state index in [1.807, 2.05) is 0 Å². The Morgan fingerprint density at radius 2 is 2.42 bits per heavy atom. The van der Waals surface area contributed by atoms with Crippen molar-refractivity contribution in [2.45, 2.75) is 12.3 Å². The maximum Gasteiger partial charge on any atom is 0.267 e. The second-order valence-corrected chi connectivity index (χ2v) is 2.94. The minimum Gasteiger partial charge on any atom is -0.336 e. The van der Waals surface area contributed by atoms with Crippen LogP contribution in [0.5, 0.6) is 0 Å². The summed E-state index contributed by atoms with van der Waals surface area (Å²) < 4.78 is 25.4. The molecule has 66 valence electrons. The number of halogens is 2. The van der Waals surface area contributed by atoms with Gasteiger partial charge in [-0.3, -0.25) is 0 Å². The Kier molecular flexibility index (Phi) is 1.52. The van der Waals surface area contributed by atoms with Gasteiger partial charge in [0.2, 0.25) is 5.95 Å². The van der Waals surface area contributed by atoms with E-state index < -0.39 is 5.92 Å². The number of anilines is 1. The topological polar surface area (TPSA) is 31.9 Å². The van der Waals surface area contributed by atoms with Crippen LogP contribution in [-0.2, 0) is 0 Å². The van der Waals surface area contributed by atoms with Crippen molar-refractivity contribution in [3.8, 4) is 0 Å². The van der Waals surface area contributed by atoms with Crippen LogP contribution in [0.25, 0.3) is 0 Å². The van der Waals surface area contributed by atoms with Gasteiger partial charge in [-0.25, -0.2) is 13.8 Å². The predicted molar refractivity (Wildman–Crippen MR) is 40.4 cm³/mol. The van der Waals surface area contributed by atoms with Gasteiger partial charge in [-0.15, -0.1) is 0 Å². The van der Waals surface area contributed by atoms with Crippen LogP contribution in [0.4, 0.5) is 14.7 Å². The number of H-pyrrole nitrogens is 1. The van der Waals surface area contributed by atoms with E-state index in [-0.39, 0.29) is 13.0 Å². The van der Waals surface area contributed by atoms with Gasteiger partial charge < -0.3 is 9.88 Å². The molecule has 0 radical (unpaired) electrons. The summed E-state index contributed by atoms with van der Waals surface area (Å²) in [6.07, 6.45) is 3.12. The summed E-state index contributed by atoms with van der Waals surface area (Å²) in [5.74, 6) is -2.01. The number of hydrogen-bond donors (Lipinski definition) is 1. The monoisotopic (exact) mass is 173 g/mol. The lowest BCUT2D eigenvalue weighted by Crippen LogP contribution is -2.25. The van der Waals surface area contributed by atoms with Crippen molar-refractivity contribution in [2.75, 3.05) is 18.0 Å². The van der Waals surface area contributed by atoms with Gasteiger partial charge in [-0.1, -0.05) is 0 Å². The SMILES string of the molecule is FC1(F)CCN(c2ncc[nH]2)C1. The van der Waals surface area contributed by atoms with Crippen molar-refractivity contribution in [3.05, 3.63) is 12.4 Å². The minimum atomic E-state index is -2.55. The highest BCUT2D eigenvalue weighted by Crippen LogP contribution is 2.28. The fraction of sp³-hybridized carbons (Fsp3) is 0.571. The third kappa shape index (κ3) is 1.26. The lowest BCUT2D eigenvalue weighted by molar-refractivity contribution is 0.0256. The molecule has 3 nitrogen and oxygen atoms in total. The van der Waals surface area contributed by atoms with Gasteiger partial charge in [0.1, 0.15) is 0 Å². The van der Waals surface area contributed by atoms with Crippen LogP contribution in [0.2, 0.25) is 0 Å². The number of imidazole rings is 1. The second kappa shape index (κ2) is 2.43. The summed E-state index contributed by atoms with van der Waals surface area (Å²) >= 11 is 0. The fourth-order valence-electron chi connectivity index (χ4n) is 1.35. The van der Waals surface area contributed by atoms with E-state index >= 15 is 0 Å². The molecule has 12 heavy (non-hydrogen) atoms. The molecule has 0 bridgehead atoms. The van der Waals surface area contributed by atoms with E-state index in [1.165, 1.54) is 0 Å². The average molecular weight is 173 g/mol. The van der Waals surface area contributed by atoms with E-state index in [1.54, 1.807) is 17.3 Å². The van der Waals surface area contributed by atoms with E-state index in [4.69, 9.17) is 0 Å². The molecule has 1 aliphatic rings. The molecule has 2 heterocycles. The molecule has 1 saturated heterocycles. The summed E-state index contributed by atoms with van der Waals surface area (Å²) in [4.78, 5) is 8.25. The van der Waals surface area contributed by atoms with Gasteiger partial charge in [-0.05, 0) is 0 Å². The maximum absolute atomic E-state index is 12.7. The molecule has 0 unspecified atom stereocenters. The Morgan fingerprint density at radius 1 is 1.58 bits per heavy atom. The summed E-state index contributed by atoms with van der Waals surface area (Å²) in [5, 5.41) is 0. The second-order valence-electron chi connectivity index (χ2n) is 2.94. The van der Waals surface area contributed by atoms with E-state index in [0.29, 0.717) is 12.5 Å². The molecule has 0 spiro atoms. The van der Waals surface area contributed by atoms with Crippen LogP contribution >= 0.6 is 0 Å². The predicted octanol–water partition coefficient (Wildman–Crippen LogP) is 1.26. The third-order valence-electron chi connectivity index (χ3n) is 1.95. The van der Waals surface area contributed by atoms with Gasteiger partial charge in [-0.2, -0.15) is 0 Å². The molecular weight excluding hydrogens is 164 g/mol. The van der Waals surface area contributed by atoms with Gasteiger partial charge >= 0.3 is 0 Å². The number of rotatable bonds is 1. The van der Waals surface area contributed by atoms with Crippen LogP contribution in [0.15, 0.2) is 12.4 Å². The highest BCUT2D eigenvalue weighted by Gasteiger charge is 2.38. The molecule has 1 aliphatic heterocycles. The van der Waals surface area contributed by atoms with E-state index in [0.717, 1.165) is 0 Å². The number of aromatic nitrogens is 2. The zero-order valence-corrected chi connectivity index (χ0v) is 6.43. The number of nitrogens with zero attached hydrogens (tertiary/aromatic N) is 2. The Hall–Kier alpha value is -1.13. The molecule has 1 N–H and O–H groups in total. The molecule has 0 aromatic carbocycles. The zero-order chi connectivity index (χ0) is 8.60. The Labute approximate surface area is 68.4 Å². The van der Waals surface area contributed by atoms with Crippen LogP contribution < -0.4 is 4.90 Å². The standard InChI is InChI=1S/C7H9F2N3/c8-7(9)1-4-12(5-7)6-10-2-3-11-6/h2-3H,1,4-5H2,(H,10,11). The van der Waals surface area contributed by atoms with Gasteiger partial charge in [0.05, 0.1) is 6.54 Å². The summed E-state index contributed by atoms with van der Waals surface area (Å²) in [6, 6.07) is 0. The van der Waals surface area contributed by atoms with Gasteiger partial charge in [0.15, 0.2) is 0 Å². The quantitative estimate of drug-likeness (QED) is 0.693. The van der Waals surface area contributed by atoms with Crippen molar-refractivity contribution in [1.82, 2.24) is 9.97 Å². The zero-order valence-electron chi connectivity index (χ0n) is 6.43. The van der Waals surface area contributed by atoms with Crippen molar-refractivity contribution < 1.29 is 8.78 Å². The summed E-state index contributed by atoms with van der Waals surface area (Å²) in [5.41, 5.74) is 0. The van der Waals surface area contributed by atoms with Crippen molar-refractivity contribution in [2.24, 2.45) is 0 Å². The highest BCUT2D eigenvalue weighted by atomic mass is 19.3. The molecule has 0 aliphatic carbocycles. The molecule has 2 rings (SSSR count). The maximum atomic E-state index is 12.7. The van der Waals surface area contributed by atoms with E-state index in [9.17, 15) is 8.78 Å². The largest absolute Gasteiger partial charge is 0.336 e. The number of hydrogen-bond acceptors (Lipinski definition) is 2. The smallest absolute Gasteiger partial charge is 0.267 e. The van der Waals surface area contributed by atoms with Crippen LogP contribution in [-0.4, -0.2) is 29.0 Å². The van der Waals surface area contributed by atoms with Gasteiger partial charge in [0, 0.05) is 25.4 Å². The van der Waals surface area contributed by atoms with Crippen LogP contribution in [0.3, 0.4) is 0 Å². The highest BCUT2D eigenvalue weighted by molar-refractivity contribution is 5.31. The first-order chi connectivity index (χ1) is 5.67. The number of nitrogens with one attached hydrogen (secondary N) is 1. The lowest BCUT2D eigenvalue weighted by Gasteiger charge is -2.13. The fourth-order valence-corrected chi connectivity index (χ4v) is 1.35. The summed E-state index contributed by atoms with van der Waals surface area (Å²) in [7, 11) is 0. The number of aromatic amines is 1. The molecule has 1 aromatic heterocycles. The van der Waals surface area contributed by atoms with E-state index in [2.05, 4.69) is 9.97 Å². The first kappa shape index (κ1) is 7.52. The van der Waals surface area contributed by atoms with Crippen LogP contribution in [0.1, 0.15) is 6.42 Å². The minimum absolute atomic E-state index is 0.0757. The summed E-state index contributed by atoms with van der Waals surface area (Å²) in [6.45, 7) is 0.154. The van der Waals surface area contributed by atoms with Crippen molar-refractivity contribution >= 4 is 5.95 Å². The van der Waals surface area contributed by atoms with Crippen molar-refractivity contribution in [1.29, 1.82) is 0 Å². The molecular formula is C7H9F2N3. The molecule has 1 fully saturated rings. The first-order valence-electron chi connectivity index (χ1n) is 3.79. The normalized spacial score (nSPS) is 21.7. The Morgan fingerprint density at radius 3 is 2.92 bits per heavy atom. The van der Waals surface area contributed by atoms with Gasteiger partial charge in [0.25, 0.3) is 5.92 Å². The Bertz CT molecular complexity index is 258. The first-order valence-corrected chi connectivity index (χ1v) is 3.79. The molecule has 0 amide bonds. The lowest BCUT2D eigenvalue weighted by atomic mass is 10.3. The van der Waals surface area contributed by atoms with Crippen LogP contribution in [0, 0.1) is 0 Å².